The summed E-state index contributed by atoms with van der Waals surface area (Å²) in [5, 5.41) is 27.5. The van der Waals surface area contributed by atoms with Crippen LogP contribution in [0.1, 0.15) is 119 Å². The number of hydrogen-bond acceptors (Lipinski definition) is 15. The average Bonchev–Trinajstić information content (AvgIpc) is 1.66. The van der Waals surface area contributed by atoms with Crippen LogP contribution in [0.15, 0.2) is 36.4 Å². The highest BCUT2D eigenvalue weighted by Crippen LogP contribution is 2.46. The second-order valence-electron chi connectivity index (χ2n) is 24.7. The van der Waals surface area contributed by atoms with Gasteiger partial charge in [0, 0.05) is 64.7 Å². The average molecular weight is 1220 g/mol. The van der Waals surface area contributed by atoms with Crippen LogP contribution in [0.5, 0.6) is 0 Å². The summed E-state index contributed by atoms with van der Waals surface area (Å²) in [6, 6.07) is 1.30. The minimum absolute atomic E-state index is 0.0110. The number of rotatable bonds is 35. The van der Waals surface area contributed by atoms with E-state index in [0.717, 1.165) is 29.9 Å². The first-order valence-electron chi connectivity index (χ1n) is 31.0. The Labute approximate surface area is 513 Å². The van der Waals surface area contributed by atoms with Crippen molar-refractivity contribution in [1.29, 1.82) is 0 Å². The van der Waals surface area contributed by atoms with Crippen molar-refractivity contribution in [2.45, 2.75) is 180 Å². The van der Waals surface area contributed by atoms with Crippen molar-refractivity contribution in [2.75, 3.05) is 73.1 Å². The smallest absolute Gasteiger partial charge is 0.312 e. The molecule has 87 heavy (non-hydrogen) atoms. The lowest BCUT2D eigenvalue weighted by atomic mass is 9.89. The van der Waals surface area contributed by atoms with Gasteiger partial charge in [0.05, 0.1) is 75.1 Å². The normalized spacial score (nSPS) is 22.3. The van der Waals surface area contributed by atoms with Crippen molar-refractivity contribution in [3.8, 4) is 0 Å². The quantitative estimate of drug-likeness (QED) is 0.0355. The second kappa shape index (κ2) is 33.7. The summed E-state index contributed by atoms with van der Waals surface area (Å²) < 4.78 is 17.6. The maximum absolute atomic E-state index is 14.6. The maximum Gasteiger partial charge on any atom is 0.312 e. The molecule has 1 aromatic carbocycles. The van der Waals surface area contributed by atoms with Gasteiger partial charge in [-0.05, 0) is 99.3 Å². The Morgan fingerprint density at radius 3 is 2.14 bits per heavy atom. The van der Waals surface area contributed by atoms with Crippen LogP contribution in [0, 0.1) is 35.5 Å². The summed E-state index contributed by atoms with van der Waals surface area (Å²) in [5.41, 5.74) is 6.24. The lowest BCUT2D eigenvalue weighted by Gasteiger charge is -2.41. The predicted octanol–water partition coefficient (Wildman–Crippen LogP) is 1.84. The molecule has 25 heteroatoms. The van der Waals surface area contributed by atoms with E-state index in [0.29, 0.717) is 49.0 Å². The molecular weight excluding hydrogens is 1120 g/mol. The number of fused-ring (bicyclic) bond motifs is 2. The van der Waals surface area contributed by atoms with Gasteiger partial charge in [-0.15, -0.1) is 0 Å². The number of carbonyl (C=O) groups is 10. The van der Waals surface area contributed by atoms with Gasteiger partial charge in [0.25, 0.3) is 11.8 Å². The minimum atomic E-state index is -1.14. The van der Waals surface area contributed by atoms with E-state index >= 15 is 0 Å². The molecule has 0 spiro atoms. The van der Waals surface area contributed by atoms with Crippen LogP contribution in [-0.4, -0.2) is 212 Å². The number of nitrogens with zero attached hydrogens (tertiary/aromatic N) is 4. The third-order valence-electron chi connectivity index (χ3n) is 18.1. The Hall–Kier alpha value is -6.54. The number of imide groups is 1. The molecule has 1 unspecified atom stereocenters. The lowest BCUT2D eigenvalue weighted by molar-refractivity contribution is -0.148. The monoisotopic (exact) mass is 1220 g/mol. The van der Waals surface area contributed by atoms with E-state index in [1.54, 1.807) is 61.9 Å². The van der Waals surface area contributed by atoms with E-state index in [2.05, 4.69) is 43.7 Å². The number of benzene rings is 1. The number of likely N-dealkylation sites (tertiary alicyclic amines) is 2. The number of urea groups is 1. The Morgan fingerprint density at radius 1 is 0.851 bits per heavy atom. The van der Waals surface area contributed by atoms with Crippen molar-refractivity contribution < 1.29 is 67.3 Å². The number of carbonyl (C=O) groups excluding carboxylic acids is 10. The molecule has 2 bridgehead atoms. The number of primary amides is 1. The Morgan fingerprint density at radius 2 is 1.54 bits per heavy atom. The van der Waals surface area contributed by atoms with Gasteiger partial charge in [0.15, 0.2) is 0 Å². The minimum Gasteiger partial charge on any atom is -0.394 e. The van der Waals surface area contributed by atoms with Crippen LogP contribution in [0.3, 0.4) is 0 Å². The van der Waals surface area contributed by atoms with Crippen LogP contribution in [-0.2, 0) is 63.8 Å². The molecule has 11 amide bonds. The number of nitrogens with one attached hydrogen (secondary N) is 6. The van der Waals surface area contributed by atoms with E-state index < -0.39 is 108 Å². The highest BCUT2D eigenvalue weighted by atomic mass is 16.5. The van der Waals surface area contributed by atoms with E-state index in [4.69, 9.17) is 19.9 Å². The number of nitrogens with two attached hydrogens (primary N) is 1. The zero-order valence-corrected chi connectivity index (χ0v) is 53.1. The molecule has 4 aliphatic rings. The van der Waals surface area contributed by atoms with Crippen LogP contribution < -0.4 is 37.6 Å². The van der Waals surface area contributed by atoms with Gasteiger partial charge in [-0.3, -0.25) is 53.0 Å². The van der Waals surface area contributed by atoms with Crippen LogP contribution in [0.4, 0.5) is 10.5 Å². The number of likely N-dealkylation sites (N-methyl/N-ethyl adjacent to an activating group) is 2. The third-order valence-corrected chi connectivity index (χ3v) is 18.1. The summed E-state index contributed by atoms with van der Waals surface area (Å²) in [5.74, 6) is -4.50. The molecule has 2 saturated heterocycles. The van der Waals surface area contributed by atoms with Crippen LogP contribution in [0.25, 0.3) is 0 Å². The number of amides is 11. The van der Waals surface area contributed by atoms with Gasteiger partial charge < -0.3 is 66.8 Å². The first-order valence-corrected chi connectivity index (χ1v) is 31.0. The molecule has 0 aromatic heterocycles. The van der Waals surface area contributed by atoms with Gasteiger partial charge in [-0.2, -0.15) is 0 Å². The number of piperidine rings is 1. The molecular formula is C62H99N11O14. The zero-order chi connectivity index (χ0) is 64.4. The van der Waals surface area contributed by atoms with Crippen molar-refractivity contribution in [2.24, 2.45) is 41.2 Å². The van der Waals surface area contributed by atoms with Crippen molar-refractivity contribution in [3.63, 3.8) is 0 Å². The summed E-state index contributed by atoms with van der Waals surface area (Å²) in [4.78, 5) is 140. The van der Waals surface area contributed by atoms with Crippen LogP contribution in [0.2, 0.25) is 0 Å². The number of ether oxygens (including phenoxy) is 3. The fourth-order valence-corrected chi connectivity index (χ4v) is 13.0. The molecule has 14 atom stereocenters. The zero-order valence-electron chi connectivity index (χ0n) is 53.1. The summed E-state index contributed by atoms with van der Waals surface area (Å²) in [6.45, 7) is 15.3. The Balaban J connectivity index is 1.19. The highest BCUT2D eigenvalue weighted by Gasteiger charge is 2.53. The van der Waals surface area contributed by atoms with Crippen molar-refractivity contribution in [1.82, 2.24) is 46.2 Å². The SMILES string of the molecule is CC[C@H](C)[C@@H]([C@@H](CC(=O)N1CCC[C@H]1[C@H](OC)[C@@H](C)C(=O)N[C@H](CO)Cc1cccc(NC(=O)[C@H](CCCNC(N)=O)NC(=O)[C@@H](NC(=O)CCOCCN2C(=O)C=CC2=O)C(C)C)c1)OC)N(C)C(=O)[C@@H](NC(=O)[C@@H]1C2CC[C@@H]([C@H]2C)N1C)C(C)C. The van der Waals surface area contributed by atoms with E-state index in [-0.39, 0.29) is 99.9 Å². The molecule has 0 radical (unpaired) electrons. The molecule has 3 aliphatic heterocycles. The number of aliphatic hydroxyl groups is 1. The van der Waals surface area contributed by atoms with E-state index in [1.807, 2.05) is 34.7 Å². The fourth-order valence-electron chi connectivity index (χ4n) is 13.0. The first kappa shape index (κ1) is 71.2. The summed E-state index contributed by atoms with van der Waals surface area (Å²) >= 11 is 0. The highest BCUT2D eigenvalue weighted by molar-refractivity contribution is 6.12. The standard InChI is InChI=1S/C62H99N11O14/c1-13-37(6)54(71(10)61(83)53(36(4)5)69-60(82)55-43-21-22-45(38(43)7)70(55)9)47(85-11)33-51(78)72-27-16-20-46(72)56(86-12)39(8)57(79)66-42(34-74)32-40-17-14-18-41(31-40)65-58(80)44(19-15-26-64-62(63)84)67-59(81)52(35(2)3)68-48(75)25-29-87-30-28-73-49(76)23-24-50(73)77/h14,17-18,23-24,31,35-39,42-47,52-56,74H,13,15-16,19-22,25-30,32-34H2,1-12H3,(H,65,80)(H,66,79)(H,67,81)(H,68,75)(H,69,82)(H3,63,64,84)/t37-,38-,39+,42-,43?,44-,45-,46-,47+,52-,53-,54-,55-,56+/m0/s1. The Bertz CT molecular complexity index is 2570. The first-order chi connectivity index (χ1) is 41.3. The topological polar surface area (TPSA) is 330 Å². The van der Waals surface area contributed by atoms with Gasteiger partial charge in [-0.25, -0.2) is 4.79 Å². The van der Waals surface area contributed by atoms with Crippen molar-refractivity contribution >= 4 is 64.9 Å². The number of aliphatic hydroxyl groups excluding tert-OH is 1. The molecule has 1 saturated carbocycles. The molecule has 3 heterocycles. The van der Waals surface area contributed by atoms with Gasteiger partial charge >= 0.3 is 6.03 Å². The summed E-state index contributed by atoms with van der Waals surface area (Å²) in [6.07, 6.45) is 5.14. The van der Waals surface area contributed by atoms with Gasteiger partial charge in [0.1, 0.15) is 18.1 Å². The van der Waals surface area contributed by atoms with E-state index in [9.17, 15) is 53.1 Å². The van der Waals surface area contributed by atoms with Gasteiger partial charge in [-0.1, -0.05) is 73.9 Å². The lowest BCUT2D eigenvalue weighted by Crippen LogP contribution is -2.60. The molecule has 9 N–H and O–H groups in total. The number of hydrogen-bond donors (Lipinski definition) is 8. The fraction of sp³-hybridized carbons (Fsp3) is 0.710. The van der Waals surface area contributed by atoms with Crippen molar-refractivity contribution in [3.05, 3.63) is 42.0 Å². The number of anilines is 1. The molecule has 3 fully saturated rings. The third kappa shape index (κ3) is 19.0. The maximum atomic E-state index is 14.6. The van der Waals surface area contributed by atoms with Crippen LogP contribution >= 0.6 is 0 Å². The Kier molecular flexibility index (Phi) is 27.6. The molecule has 5 rings (SSSR count). The second-order valence-corrected chi connectivity index (χ2v) is 24.7. The number of methoxy groups -OCH3 is 2. The molecule has 25 nitrogen and oxygen atoms in total. The summed E-state index contributed by atoms with van der Waals surface area (Å²) in [7, 11) is 6.76. The van der Waals surface area contributed by atoms with Gasteiger partial charge in [0.2, 0.25) is 41.4 Å². The largest absolute Gasteiger partial charge is 0.394 e. The molecule has 486 valence electrons. The molecule has 1 aromatic rings. The van der Waals surface area contributed by atoms with E-state index in [1.165, 1.54) is 14.2 Å². The molecule has 1 aliphatic carbocycles. The predicted molar refractivity (Wildman–Crippen MR) is 325 cm³/mol.